The lowest BCUT2D eigenvalue weighted by Gasteiger charge is -2.35. The van der Waals surface area contributed by atoms with Gasteiger partial charge >= 0.3 is 0 Å². The Balaban J connectivity index is 2.04. The predicted octanol–water partition coefficient (Wildman–Crippen LogP) is 3.59. The quantitative estimate of drug-likeness (QED) is 0.909. The number of hydrogen-bond acceptors (Lipinski definition) is 3. The second kappa shape index (κ2) is 7.77. The average Bonchev–Trinajstić information content (AvgIpc) is 2.64. The van der Waals surface area contributed by atoms with E-state index in [4.69, 9.17) is 9.47 Å². The van der Waals surface area contributed by atoms with Crippen LogP contribution >= 0.6 is 0 Å². The largest absolute Gasteiger partial charge is 0.496 e. The number of benzene rings is 2. The summed E-state index contributed by atoms with van der Waals surface area (Å²) in [7, 11) is 1.63. The third kappa shape index (κ3) is 3.60. The molecule has 1 heterocycles. The smallest absolute Gasteiger partial charge is 0.123 e. The number of ether oxygens (including phenoxy) is 2. The molecule has 3 atom stereocenters. The fourth-order valence-electron chi connectivity index (χ4n) is 3.51. The second-order valence-electron chi connectivity index (χ2n) is 6.25. The monoisotopic (exact) mass is 329 g/mol. The summed E-state index contributed by atoms with van der Waals surface area (Å²) in [5, 5.41) is 3.38. The first-order valence-corrected chi connectivity index (χ1v) is 8.41. The van der Waals surface area contributed by atoms with Gasteiger partial charge in [0.2, 0.25) is 0 Å². The molecule has 3 rings (SSSR count). The van der Waals surface area contributed by atoms with Gasteiger partial charge in [0.25, 0.3) is 0 Å². The summed E-state index contributed by atoms with van der Waals surface area (Å²) in [5.74, 6) is 0.639. The first-order valence-electron chi connectivity index (χ1n) is 8.41. The summed E-state index contributed by atoms with van der Waals surface area (Å²) in [6.07, 6.45) is 0.0805. The Kier molecular flexibility index (Phi) is 5.48. The van der Waals surface area contributed by atoms with Crippen LogP contribution in [0.3, 0.4) is 0 Å². The van der Waals surface area contributed by atoms with E-state index in [1.165, 1.54) is 6.07 Å². The summed E-state index contributed by atoms with van der Waals surface area (Å²) in [6.45, 7) is 4.56. The summed E-state index contributed by atoms with van der Waals surface area (Å²) in [4.78, 5) is 0. The van der Waals surface area contributed by atoms with Crippen molar-refractivity contribution >= 4 is 0 Å². The van der Waals surface area contributed by atoms with E-state index in [2.05, 4.69) is 24.4 Å². The lowest BCUT2D eigenvalue weighted by Crippen LogP contribution is -2.43. The van der Waals surface area contributed by atoms with E-state index in [1.54, 1.807) is 19.2 Å². The summed E-state index contributed by atoms with van der Waals surface area (Å²) >= 11 is 0. The molecule has 4 heteroatoms. The Morgan fingerprint density at radius 3 is 2.67 bits per heavy atom. The van der Waals surface area contributed by atoms with Crippen molar-refractivity contribution in [1.29, 1.82) is 0 Å². The van der Waals surface area contributed by atoms with Crippen molar-refractivity contribution in [2.45, 2.75) is 18.9 Å². The molecule has 1 aliphatic heterocycles. The van der Waals surface area contributed by atoms with Crippen LogP contribution < -0.4 is 10.1 Å². The maximum Gasteiger partial charge on any atom is 0.123 e. The number of morpholine rings is 1. The van der Waals surface area contributed by atoms with Gasteiger partial charge in [-0.3, -0.25) is 0 Å². The van der Waals surface area contributed by atoms with Gasteiger partial charge in [-0.25, -0.2) is 4.39 Å². The van der Waals surface area contributed by atoms with Crippen LogP contribution in [-0.2, 0) is 4.74 Å². The molecule has 3 nitrogen and oxygen atoms in total. The molecule has 2 aromatic carbocycles. The first-order chi connectivity index (χ1) is 11.7. The Morgan fingerprint density at radius 1 is 1.21 bits per heavy atom. The molecule has 1 aliphatic rings. The topological polar surface area (TPSA) is 30.5 Å². The van der Waals surface area contributed by atoms with Crippen molar-refractivity contribution in [2.75, 3.05) is 26.8 Å². The first kappa shape index (κ1) is 16.9. The van der Waals surface area contributed by atoms with Crippen LogP contribution in [0.5, 0.6) is 5.75 Å². The van der Waals surface area contributed by atoms with E-state index in [-0.39, 0.29) is 23.8 Å². The van der Waals surface area contributed by atoms with Gasteiger partial charge in [-0.15, -0.1) is 0 Å². The molecule has 2 aromatic rings. The molecule has 0 saturated carbocycles. The Hall–Kier alpha value is -1.91. The summed E-state index contributed by atoms with van der Waals surface area (Å²) in [5.41, 5.74) is 2.01. The molecule has 1 N–H and O–H groups in total. The molecule has 0 spiro atoms. The zero-order chi connectivity index (χ0) is 16.9. The number of halogens is 1. The maximum absolute atomic E-state index is 14.0. The number of methoxy groups -OCH3 is 1. The molecule has 0 aromatic heterocycles. The Labute approximate surface area is 142 Å². The molecule has 0 aliphatic carbocycles. The minimum Gasteiger partial charge on any atom is -0.496 e. The van der Waals surface area contributed by atoms with Gasteiger partial charge in [-0.2, -0.15) is 0 Å². The van der Waals surface area contributed by atoms with E-state index < -0.39 is 0 Å². The lowest BCUT2D eigenvalue weighted by molar-refractivity contribution is -0.00854. The minimum absolute atomic E-state index is 0.00162. The van der Waals surface area contributed by atoms with Gasteiger partial charge in [0.1, 0.15) is 11.6 Å². The van der Waals surface area contributed by atoms with Gasteiger partial charge in [0.05, 0.1) is 19.8 Å². The van der Waals surface area contributed by atoms with Crippen molar-refractivity contribution in [3.8, 4) is 5.75 Å². The molecule has 24 heavy (non-hydrogen) atoms. The van der Waals surface area contributed by atoms with Crippen molar-refractivity contribution in [3.63, 3.8) is 0 Å². The number of nitrogens with one attached hydrogen (secondary N) is 1. The molecule has 0 amide bonds. The van der Waals surface area contributed by atoms with Gasteiger partial charge in [-0.1, -0.05) is 37.3 Å². The summed E-state index contributed by atoms with van der Waals surface area (Å²) in [6, 6.07) is 14.9. The Morgan fingerprint density at radius 2 is 2.00 bits per heavy atom. The molecule has 1 saturated heterocycles. The molecular formula is C20H24FNO2. The van der Waals surface area contributed by atoms with E-state index in [9.17, 15) is 4.39 Å². The average molecular weight is 329 g/mol. The highest BCUT2D eigenvalue weighted by molar-refractivity contribution is 5.43. The molecule has 0 radical (unpaired) electrons. The fourth-order valence-corrected chi connectivity index (χ4v) is 3.51. The lowest BCUT2D eigenvalue weighted by atomic mass is 9.78. The fraction of sp³-hybridized carbons (Fsp3) is 0.400. The van der Waals surface area contributed by atoms with Crippen LogP contribution in [0, 0.1) is 11.7 Å². The zero-order valence-corrected chi connectivity index (χ0v) is 14.2. The van der Waals surface area contributed by atoms with Crippen molar-refractivity contribution < 1.29 is 13.9 Å². The molecule has 128 valence electrons. The van der Waals surface area contributed by atoms with Crippen molar-refractivity contribution in [1.82, 2.24) is 5.32 Å². The minimum atomic E-state index is -0.249. The standard InChI is InChI=1S/C20H24FNO2/c1-14(19-13-22-10-11-24-19)20(15-6-4-3-5-7-15)17-12-16(21)8-9-18(17)23-2/h3-9,12,14,19-20,22H,10-11,13H2,1-2H3. The van der Waals surface area contributed by atoms with E-state index >= 15 is 0 Å². The normalized spacial score (nSPS) is 20.4. The van der Waals surface area contributed by atoms with E-state index in [1.807, 2.05) is 18.2 Å². The van der Waals surface area contributed by atoms with Crippen LogP contribution in [0.25, 0.3) is 0 Å². The van der Waals surface area contributed by atoms with Crippen LogP contribution in [0.4, 0.5) is 4.39 Å². The maximum atomic E-state index is 14.0. The zero-order valence-electron chi connectivity index (χ0n) is 14.2. The molecule has 3 unspecified atom stereocenters. The third-order valence-corrected chi connectivity index (χ3v) is 4.75. The summed E-state index contributed by atoms with van der Waals surface area (Å²) < 4.78 is 25.5. The van der Waals surface area contributed by atoms with Crippen LogP contribution in [0.1, 0.15) is 24.0 Å². The highest BCUT2D eigenvalue weighted by Crippen LogP contribution is 2.39. The van der Waals surface area contributed by atoms with Crippen LogP contribution in [0.2, 0.25) is 0 Å². The van der Waals surface area contributed by atoms with Crippen molar-refractivity contribution in [2.24, 2.45) is 5.92 Å². The molecule has 0 bridgehead atoms. The van der Waals surface area contributed by atoms with Gasteiger partial charge < -0.3 is 14.8 Å². The van der Waals surface area contributed by atoms with Crippen molar-refractivity contribution in [3.05, 3.63) is 65.5 Å². The third-order valence-electron chi connectivity index (χ3n) is 4.75. The second-order valence-corrected chi connectivity index (χ2v) is 6.25. The highest BCUT2D eigenvalue weighted by Gasteiger charge is 2.32. The van der Waals surface area contributed by atoms with Gasteiger partial charge in [0, 0.05) is 24.6 Å². The molecule has 1 fully saturated rings. The Bertz CT molecular complexity index is 656. The SMILES string of the molecule is COc1ccc(F)cc1C(c1ccccc1)C(C)C1CNCCO1. The van der Waals surface area contributed by atoms with Gasteiger partial charge in [0.15, 0.2) is 0 Å². The van der Waals surface area contributed by atoms with Gasteiger partial charge in [-0.05, 0) is 29.7 Å². The van der Waals surface area contributed by atoms with Crippen LogP contribution in [0.15, 0.2) is 48.5 Å². The number of rotatable bonds is 5. The highest BCUT2D eigenvalue weighted by atomic mass is 19.1. The number of hydrogen-bond donors (Lipinski definition) is 1. The molecular weight excluding hydrogens is 305 g/mol. The van der Waals surface area contributed by atoms with E-state index in [0.717, 1.165) is 24.2 Å². The van der Waals surface area contributed by atoms with Crippen LogP contribution in [-0.4, -0.2) is 32.9 Å². The predicted molar refractivity (Wildman–Crippen MR) is 93.0 cm³/mol. The van der Waals surface area contributed by atoms with E-state index in [0.29, 0.717) is 12.4 Å².